The molecule has 0 aliphatic rings. The Labute approximate surface area is 112 Å². The van der Waals surface area contributed by atoms with Gasteiger partial charge in [0.15, 0.2) is 6.04 Å². The maximum absolute atomic E-state index is 11.5. The van der Waals surface area contributed by atoms with Gasteiger partial charge in [0.25, 0.3) is 0 Å². The summed E-state index contributed by atoms with van der Waals surface area (Å²) in [5.74, 6) is -1.29. The first-order chi connectivity index (χ1) is 8.45. The van der Waals surface area contributed by atoms with E-state index in [9.17, 15) is 9.59 Å². The van der Waals surface area contributed by atoms with Crippen LogP contribution in [-0.4, -0.2) is 34.9 Å². The molecule has 0 saturated carbocycles. The summed E-state index contributed by atoms with van der Waals surface area (Å²) < 4.78 is 0.831. The van der Waals surface area contributed by atoms with Crippen LogP contribution in [0.3, 0.4) is 0 Å². The fourth-order valence-corrected chi connectivity index (χ4v) is 1.61. The van der Waals surface area contributed by atoms with Crippen LogP contribution in [-0.2, 0) is 4.79 Å². The van der Waals surface area contributed by atoms with Crippen molar-refractivity contribution in [3.63, 3.8) is 0 Å². The minimum atomic E-state index is -1.32. The Morgan fingerprint density at radius 1 is 1.44 bits per heavy atom. The Morgan fingerprint density at radius 3 is 2.67 bits per heavy atom. The van der Waals surface area contributed by atoms with E-state index in [0.717, 1.165) is 10.0 Å². The number of aliphatic carboxylic acids is 1. The summed E-state index contributed by atoms with van der Waals surface area (Å²) in [6.45, 7) is 1.14. The van der Waals surface area contributed by atoms with E-state index in [1.54, 1.807) is 19.1 Å². The molecule has 0 aliphatic heterocycles. The fraction of sp³-hybridized carbons (Fsp3) is 0.273. The number of hydrogen-bond donors (Lipinski definition) is 4. The summed E-state index contributed by atoms with van der Waals surface area (Å²) in [5, 5.41) is 22.1. The molecule has 1 rings (SSSR count). The molecule has 98 valence electrons. The molecule has 0 heterocycles. The van der Waals surface area contributed by atoms with E-state index in [2.05, 4.69) is 26.6 Å². The first kappa shape index (κ1) is 14.5. The Kier molecular flexibility index (Phi) is 5.11. The Morgan fingerprint density at radius 2 is 2.11 bits per heavy atom. The van der Waals surface area contributed by atoms with E-state index in [4.69, 9.17) is 10.2 Å². The van der Waals surface area contributed by atoms with Gasteiger partial charge in [-0.3, -0.25) is 0 Å². The average molecular weight is 317 g/mol. The highest BCUT2D eigenvalue weighted by molar-refractivity contribution is 9.10. The lowest BCUT2D eigenvalue weighted by Crippen LogP contribution is -2.45. The summed E-state index contributed by atoms with van der Waals surface area (Å²) in [4.78, 5) is 22.2. The minimum Gasteiger partial charge on any atom is -0.480 e. The standard InChI is InChI=1S/C11H13BrN2O4/c1-6-7(12)3-2-4-8(6)13-11(18)14-9(5-15)10(16)17/h2-4,9,15H,5H2,1H3,(H,16,17)(H2,13,14,18)/t9-/m1/s1. The molecular weight excluding hydrogens is 304 g/mol. The molecule has 1 aromatic carbocycles. The van der Waals surface area contributed by atoms with Crippen molar-refractivity contribution in [3.05, 3.63) is 28.2 Å². The van der Waals surface area contributed by atoms with Crippen LogP contribution in [0, 0.1) is 6.92 Å². The normalized spacial score (nSPS) is 11.7. The van der Waals surface area contributed by atoms with E-state index >= 15 is 0 Å². The Balaban J connectivity index is 2.70. The lowest BCUT2D eigenvalue weighted by molar-refractivity contribution is -0.140. The van der Waals surface area contributed by atoms with Crippen molar-refractivity contribution < 1.29 is 19.8 Å². The average Bonchev–Trinajstić information content (AvgIpc) is 2.31. The molecule has 0 radical (unpaired) electrons. The van der Waals surface area contributed by atoms with Crippen molar-refractivity contribution in [2.24, 2.45) is 0 Å². The first-order valence-electron chi connectivity index (χ1n) is 5.12. The first-order valence-corrected chi connectivity index (χ1v) is 5.91. The monoisotopic (exact) mass is 316 g/mol. The van der Waals surface area contributed by atoms with Crippen LogP contribution >= 0.6 is 15.9 Å². The second-order valence-electron chi connectivity index (χ2n) is 3.58. The number of halogens is 1. The number of carbonyl (C=O) groups excluding carboxylic acids is 1. The molecule has 0 fully saturated rings. The van der Waals surface area contributed by atoms with Crippen LogP contribution in [0.4, 0.5) is 10.5 Å². The molecule has 2 amide bonds. The summed E-state index contributed by atoms with van der Waals surface area (Å²) in [6.07, 6.45) is 0. The van der Waals surface area contributed by atoms with E-state index < -0.39 is 24.6 Å². The quantitative estimate of drug-likeness (QED) is 0.673. The number of anilines is 1. The molecule has 6 nitrogen and oxygen atoms in total. The summed E-state index contributed by atoms with van der Waals surface area (Å²) >= 11 is 3.32. The highest BCUT2D eigenvalue weighted by Crippen LogP contribution is 2.23. The van der Waals surface area contributed by atoms with E-state index in [0.29, 0.717) is 5.69 Å². The summed E-state index contributed by atoms with van der Waals surface area (Å²) in [6, 6.07) is 3.25. The van der Waals surface area contributed by atoms with Gasteiger partial charge in [-0.2, -0.15) is 0 Å². The van der Waals surface area contributed by atoms with E-state index in [1.165, 1.54) is 0 Å². The van der Waals surface area contributed by atoms with Gasteiger partial charge in [-0.25, -0.2) is 9.59 Å². The lowest BCUT2D eigenvalue weighted by Gasteiger charge is -2.14. The third kappa shape index (κ3) is 3.71. The van der Waals surface area contributed by atoms with Crippen molar-refractivity contribution >= 4 is 33.6 Å². The number of nitrogens with one attached hydrogen (secondary N) is 2. The zero-order chi connectivity index (χ0) is 13.7. The Bertz CT molecular complexity index is 464. The molecule has 0 aliphatic carbocycles. The molecule has 0 saturated heterocycles. The van der Waals surface area contributed by atoms with Gasteiger partial charge >= 0.3 is 12.0 Å². The number of rotatable bonds is 4. The number of carboxylic acids is 1. The number of hydrogen-bond acceptors (Lipinski definition) is 3. The van der Waals surface area contributed by atoms with E-state index in [-0.39, 0.29) is 0 Å². The number of carboxylic acid groups (broad SMARTS) is 1. The predicted molar refractivity (Wildman–Crippen MR) is 69.5 cm³/mol. The van der Waals surface area contributed by atoms with Crippen molar-refractivity contribution in [3.8, 4) is 0 Å². The zero-order valence-corrected chi connectivity index (χ0v) is 11.2. The van der Waals surface area contributed by atoms with Gasteiger partial charge in [0.1, 0.15) is 0 Å². The van der Waals surface area contributed by atoms with Gasteiger partial charge in [0, 0.05) is 10.2 Å². The molecule has 0 unspecified atom stereocenters. The van der Waals surface area contributed by atoms with Crippen molar-refractivity contribution in [2.75, 3.05) is 11.9 Å². The highest BCUT2D eigenvalue weighted by atomic mass is 79.9. The fourth-order valence-electron chi connectivity index (χ4n) is 1.25. The smallest absolute Gasteiger partial charge is 0.328 e. The van der Waals surface area contributed by atoms with Crippen LogP contribution in [0.1, 0.15) is 5.56 Å². The molecule has 1 atom stereocenters. The van der Waals surface area contributed by atoms with Gasteiger partial charge in [-0.1, -0.05) is 22.0 Å². The van der Waals surface area contributed by atoms with E-state index in [1.807, 2.05) is 6.07 Å². The van der Waals surface area contributed by atoms with Crippen LogP contribution in [0.5, 0.6) is 0 Å². The van der Waals surface area contributed by atoms with Crippen molar-refractivity contribution in [2.45, 2.75) is 13.0 Å². The SMILES string of the molecule is Cc1c(Br)cccc1NC(=O)N[C@H](CO)C(=O)O. The topological polar surface area (TPSA) is 98.7 Å². The molecule has 1 aromatic rings. The molecule has 0 spiro atoms. The molecule has 0 aromatic heterocycles. The molecule has 0 bridgehead atoms. The number of carbonyl (C=O) groups is 2. The third-order valence-electron chi connectivity index (χ3n) is 2.30. The molecule has 18 heavy (non-hydrogen) atoms. The second-order valence-corrected chi connectivity index (χ2v) is 4.44. The summed E-state index contributed by atoms with van der Waals surface area (Å²) in [5.41, 5.74) is 1.38. The Hall–Kier alpha value is -1.60. The van der Waals surface area contributed by atoms with Gasteiger partial charge in [0.05, 0.1) is 6.61 Å². The number of aliphatic hydroxyl groups excluding tert-OH is 1. The van der Waals surface area contributed by atoms with Crippen LogP contribution in [0.25, 0.3) is 0 Å². The number of urea groups is 1. The van der Waals surface area contributed by atoms with Crippen LogP contribution in [0.2, 0.25) is 0 Å². The maximum Gasteiger partial charge on any atom is 0.328 e. The van der Waals surface area contributed by atoms with Gasteiger partial charge in [-0.05, 0) is 24.6 Å². The number of benzene rings is 1. The molecule has 7 heteroatoms. The van der Waals surface area contributed by atoms with Crippen LogP contribution in [0.15, 0.2) is 22.7 Å². The van der Waals surface area contributed by atoms with Crippen LogP contribution < -0.4 is 10.6 Å². The molecule has 4 N–H and O–H groups in total. The second kappa shape index (κ2) is 6.36. The highest BCUT2D eigenvalue weighted by Gasteiger charge is 2.18. The molecular formula is C11H13BrN2O4. The van der Waals surface area contributed by atoms with Crippen molar-refractivity contribution in [1.29, 1.82) is 0 Å². The number of aliphatic hydroxyl groups is 1. The minimum absolute atomic E-state index is 0.559. The third-order valence-corrected chi connectivity index (χ3v) is 3.16. The van der Waals surface area contributed by atoms with Gasteiger partial charge < -0.3 is 20.8 Å². The number of amides is 2. The van der Waals surface area contributed by atoms with Gasteiger partial charge in [-0.15, -0.1) is 0 Å². The largest absolute Gasteiger partial charge is 0.480 e. The zero-order valence-electron chi connectivity index (χ0n) is 9.61. The summed E-state index contributed by atoms with van der Waals surface area (Å²) in [7, 11) is 0. The predicted octanol–water partition coefficient (Wildman–Crippen LogP) is 1.32. The lowest BCUT2D eigenvalue weighted by atomic mass is 10.2. The maximum atomic E-state index is 11.5. The van der Waals surface area contributed by atoms with Gasteiger partial charge in [0.2, 0.25) is 0 Å². The van der Waals surface area contributed by atoms with Crippen molar-refractivity contribution in [1.82, 2.24) is 5.32 Å².